The van der Waals surface area contributed by atoms with Crippen molar-refractivity contribution in [2.24, 2.45) is 0 Å². The number of hydrogen-bond donors (Lipinski definition) is 0. The van der Waals surface area contributed by atoms with Crippen molar-refractivity contribution in [3.05, 3.63) is 33.9 Å². The van der Waals surface area contributed by atoms with Gasteiger partial charge in [-0.05, 0) is 30.9 Å². The molecule has 1 unspecified atom stereocenters. The summed E-state index contributed by atoms with van der Waals surface area (Å²) in [6.45, 7) is 4.36. The first-order chi connectivity index (χ1) is 10.2. The fourth-order valence-corrected chi connectivity index (χ4v) is 2.81. The predicted octanol–water partition coefficient (Wildman–Crippen LogP) is 3.73. The minimum atomic E-state index is -0.331. The van der Waals surface area contributed by atoms with Gasteiger partial charge in [0.05, 0.1) is 11.0 Å². The largest absolute Gasteiger partial charge is 0.376 e. The Kier molecular flexibility index (Phi) is 5.82. The zero-order valence-corrected chi connectivity index (χ0v) is 13.0. The Morgan fingerprint density at radius 3 is 3.00 bits per heavy atom. The smallest absolute Gasteiger partial charge is 0.292 e. The second-order valence-electron chi connectivity index (χ2n) is 5.29. The fraction of sp³-hybridized carbons (Fsp3) is 0.600. The van der Waals surface area contributed by atoms with Crippen LogP contribution < -0.4 is 4.90 Å². The molecule has 0 radical (unpaired) electrons. The minimum Gasteiger partial charge on any atom is -0.376 e. The van der Waals surface area contributed by atoms with Crippen LogP contribution >= 0.6 is 11.6 Å². The Balaban J connectivity index is 2.18. The normalized spacial score (nSPS) is 18.8. The third-order valence-corrected chi connectivity index (χ3v) is 3.98. The Bertz CT molecular complexity index is 496. The molecule has 6 heteroatoms. The predicted molar refractivity (Wildman–Crippen MR) is 84.1 cm³/mol. The maximum atomic E-state index is 11.3. The first-order valence-electron chi connectivity index (χ1n) is 7.35. The number of piperidine rings is 1. The molecular formula is C15H21ClN2O3. The Morgan fingerprint density at radius 2 is 2.33 bits per heavy atom. The summed E-state index contributed by atoms with van der Waals surface area (Å²) in [5.74, 6) is 0.281. The molecule has 1 aliphatic rings. The summed E-state index contributed by atoms with van der Waals surface area (Å²) in [6.07, 6.45) is 3.15. The van der Waals surface area contributed by atoms with Crippen LogP contribution in [0.1, 0.15) is 31.7 Å². The van der Waals surface area contributed by atoms with Gasteiger partial charge >= 0.3 is 0 Å². The van der Waals surface area contributed by atoms with E-state index in [-0.39, 0.29) is 22.6 Å². The summed E-state index contributed by atoms with van der Waals surface area (Å²) in [5, 5.41) is 11.3. The van der Waals surface area contributed by atoms with Crippen molar-refractivity contribution in [1.82, 2.24) is 0 Å². The molecule has 0 N–H and O–H groups in total. The second-order valence-corrected chi connectivity index (χ2v) is 5.56. The quantitative estimate of drug-likeness (QED) is 0.456. The van der Waals surface area contributed by atoms with Crippen LogP contribution in [0.25, 0.3) is 0 Å². The van der Waals surface area contributed by atoms with Gasteiger partial charge in [0.1, 0.15) is 5.69 Å². The van der Waals surface area contributed by atoms with E-state index in [9.17, 15) is 10.1 Å². The highest BCUT2D eigenvalue weighted by Gasteiger charge is 2.26. The molecule has 0 amide bonds. The molecule has 1 heterocycles. The molecule has 2 rings (SSSR count). The number of anilines is 1. The summed E-state index contributed by atoms with van der Waals surface area (Å²) < 4.78 is 5.80. The van der Waals surface area contributed by atoms with Gasteiger partial charge in [-0.3, -0.25) is 10.1 Å². The van der Waals surface area contributed by atoms with Gasteiger partial charge in [-0.2, -0.15) is 0 Å². The van der Waals surface area contributed by atoms with E-state index in [1.807, 2.05) is 6.07 Å². The van der Waals surface area contributed by atoms with Crippen LogP contribution in [0.4, 0.5) is 11.4 Å². The van der Waals surface area contributed by atoms with Crippen molar-refractivity contribution in [3.8, 4) is 0 Å². The van der Waals surface area contributed by atoms with Gasteiger partial charge in [-0.25, -0.2) is 0 Å². The van der Waals surface area contributed by atoms with Crippen molar-refractivity contribution < 1.29 is 9.66 Å². The van der Waals surface area contributed by atoms with E-state index >= 15 is 0 Å². The number of alkyl halides is 1. The summed E-state index contributed by atoms with van der Waals surface area (Å²) in [5.41, 5.74) is 1.56. The van der Waals surface area contributed by atoms with Gasteiger partial charge in [-0.1, -0.05) is 13.0 Å². The number of hydrogen-bond acceptors (Lipinski definition) is 4. The SMILES string of the molecule is CCCOC1CCCN(c2ccc(CCl)cc2[N+](=O)[O-])C1. The van der Waals surface area contributed by atoms with Crippen LogP contribution in [0.5, 0.6) is 0 Å². The van der Waals surface area contributed by atoms with E-state index < -0.39 is 0 Å². The summed E-state index contributed by atoms with van der Waals surface area (Å²) in [4.78, 5) is 13.0. The number of benzene rings is 1. The van der Waals surface area contributed by atoms with E-state index in [1.54, 1.807) is 12.1 Å². The molecule has 116 valence electrons. The number of nitrogens with zero attached hydrogens (tertiary/aromatic N) is 2. The molecule has 0 saturated carbocycles. The zero-order chi connectivity index (χ0) is 15.2. The number of halogens is 1. The maximum absolute atomic E-state index is 11.3. The van der Waals surface area contributed by atoms with Gasteiger partial charge in [0.15, 0.2) is 0 Å². The van der Waals surface area contributed by atoms with Crippen molar-refractivity contribution >= 4 is 23.0 Å². The third kappa shape index (κ3) is 4.08. The van der Waals surface area contributed by atoms with Crippen molar-refractivity contribution in [3.63, 3.8) is 0 Å². The Morgan fingerprint density at radius 1 is 1.52 bits per heavy atom. The number of ether oxygens (including phenoxy) is 1. The van der Waals surface area contributed by atoms with Gasteiger partial charge in [0, 0.05) is 31.6 Å². The molecule has 1 aliphatic heterocycles. The lowest BCUT2D eigenvalue weighted by atomic mass is 10.1. The highest BCUT2D eigenvalue weighted by molar-refractivity contribution is 6.17. The standard InChI is InChI=1S/C15H21ClN2O3/c1-2-8-21-13-4-3-7-17(11-13)14-6-5-12(10-16)9-15(14)18(19)20/h5-6,9,13H,2-4,7-8,10-11H2,1H3. The molecule has 1 saturated heterocycles. The fourth-order valence-electron chi connectivity index (χ4n) is 2.64. The van der Waals surface area contributed by atoms with E-state index in [0.717, 1.165) is 38.0 Å². The van der Waals surface area contributed by atoms with Crippen LogP contribution in [-0.2, 0) is 10.6 Å². The summed E-state index contributed by atoms with van der Waals surface area (Å²) >= 11 is 5.77. The van der Waals surface area contributed by atoms with Crippen LogP contribution in [0.2, 0.25) is 0 Å². The van der Waals surface area contributed by atoms with Crippen LogP contribution in [0, 0.1) is 10.1 Å². The molecule has 1 aromatic carbocycles. The summed E-state index contributed by atoms with van der Waals surface area (Å²) in [6, 6.07) is 5.22. The van der Waals surface area contributed by atoms with Gasteiger partial charge in [0.2, 0.25) is 0 Å². The van der Waals surface area contributed by atoms with E-state index in [4.69, 9.17) is 16.3 Å². The molecule has 1 aromatic rings. The molecule has 1 fully saturated rings. The maximum Gasteiger partial charge on any atom is 0.292 e. The van der Waals surface area contributed by atoms with Crippen LogP contribution in [0.3, 0.4) is 0 Å². The molecular weight excluding hydrogens is 292 g/mol. The van der Waals surface area contributed by atoms with Crippen LogP contribution in [-0.4, -0.2) is 30.7 Å². The molecule has 0 aromatic heterocycles. The topological polar surface area (TPSA) is 55.6 Å². The Hall–Kier alpha value is -1.33. The lowest BCUT2D eigenvalue weighted by Crippen LogP contribution is -2.40. The molecule has 21 heavy (non-hydrogen) atoms. The summed E-state index contributed by atoms with van der Waals surface area (Å²) in [7, 11) is 0. The molecule has 5 nitrogen and oxygen atoms in total. The van der Waals surface area contributed by atoms with Gasteiger partial charge in [0.25, 0.3) is 5.69 Å². The van der Waals surface area contributed by atoms with E-state index in [1.165, 1.54) is 0 Å². The molecule has 1 atom stereocenters. The number of rotatable bonds is 6. The molecule has 0 aliphatic carbocycles. The van der Waals surface area contributed by atoms with Crippen molar-refractivity contribution in [2.75, 3.05) is 24.6 Å². The first-order valence-corrected chi connectivity index (χ1v) is 7.89. The van der Waals surface area contributed by atoms with E-state index in [2.05, 4.69) is 11.8 Å². The number of nitro groups is 1. The second kappa shape index (κ2) is 7.61. The highest BCUT2D eigenvalue weighted by atomic mass is 35.5. The minimum absolute atomic E-state index is 0.129. The monoisotopic (exact) mass is 312 g/mol. The first kappa shape index (κ1) is 16.0. The average molecular weight is 313 g/mol. The number of nitro benzene ring substituents is 1. The van der Waals surface area contributed by atoms with Gasteiger partial charge < -0.3 is 9.64 Å². The van der Waals surface area contributed by atoms with Crippen LogP contribution in [0.15, 0.2) is 18.2 Å². The average Bonchev–Trinajstić information content (AvgIpc) is 2.52. The third-order valence-electron chi connectivity index (χ3n) is 3.67. The lowest BCUT2D eigenvalue weighted by molar-refractivity contribution is -0.384. The van der Waals surface area contributed by atoms with Gasteiger partial charge in [-0.15, -0.1) is 11.6 Å². The highest BCUT2D eigenvalue weighted by Crippen LogP contribution is 2.32. The Labute approximate surface area is 130 Å². The molecule has 0 bridgehead atoms. The van der Waals surface area contributed by atoms with Crippen molar-refractivity contribution in [1.29, 1.82) is 0 Å². The van der Waals surface area contributed by atoms with Crippen molar-refractivity contribution in [2.45, 2.75) is 38.2 Å². The zero-order valence-electron chi connectivity index (χ0n) is 12.3. The lowest BCUT2D eigenvalue weighted by Gasteiger charge is -2.34. The molecule has 0 spiro atoms. The van der Waals surface area contributed by atoms with E-state index in [0.29, 0.717) is 12.2 Å².